The molecule has 5 nitrogen and oxygen atoms in total. The highest BCUT2D eigenvalue weighted by molar-refractivity contribution is 7.89. The molecule has 1 aliphatic heterocycles. The number of aromatic hydroxyl groups is 1. The molecular weight excluding hydrogens is 338 g/mol. The van der Waals surface area contributed by atoms with Crippen molar-refractivity contribution in [2.75, 3.05) is 18.9 Å². The molecule has 0 saturated carbocycles. The molecule has 1 aliphatic rings. The van der Waals surface area contributed by atoms with E-state index in [2.05, 4.69) is 0 Å². The molecule has 0 aliphatic carbocycles. The summed E-state index contributed by atoms with van der Waals surface area (Å²) < 4.78 is 32.1. The van der Waals surface area contributed by atoms with Crippen LogP contribution in [0.4, 0.5) is 0 Å². The normalized spacial score (nSPS) is 15.0. The molecule has 0 spiro atoms. The Kier molecular flexibility index (Phi) is 5.73. The number of hydrogen-bond donors (Lipinski definition) is 1. The van der Waals surface area contributed by atoms with E-state index in [0.717, 1.165) is 16.7 Å². The molecule has 6 heteroatoms. The minimum Gasteiger partial charge on any atom is -0.508 e. The van der Waals surface area contributed by atoms with Gasteiger partial charge in [-0.1, -0.05) is 36.4 Å². The van der Waals surface area contributed by atoms with Gasteiger partial charge in [0.25, 0.3) is 0 Å². The summed E-state index contributed by atoms with van der Waals surface area (Å²) >= 11 is 0. The largest absolute Gasteiger partial charge is 0.508 e. The summed E-state index contributed by atoms with van der Waals surface area (Å²) in [5, 5.41) is 9.59. The molecule has 0 atom stereocenters. The third-order valence-corrected chi connectivity index (χ3v) is 6.27. The van der Waals surface area contributed by atoms with Crippen molar-refractivity contribution in [3.05, 3.63) is 65.2 Å². The number of sulfonamides is 1. The number of phenols is 1. The highest BCUT2D eigenvalue weighted by atomic mass is 32.2. The lowest BCUT2D eigenvalue weighted by atomic mass is 10.0. The molecule has 2 aromatic rings. The van der Waals surface area contributed by atoms with Crippen LogP contribution in [0.25, 0.3) is 0 Å². The first kappa shape index (κ1) is 17.9. The topological polar surface area (TPSA) is 66.8 Å². The maximum Gasteiger partial charge on any atom is 0.214 e. The van der Waals surface area contributed by atoms with Crippen LogP contribution in [0.1, 0.15) is 23.1 Å². The Morgan fingerprint density at radius 2 is 1.88 bits per heavy atom. The zero-order chi connectivity index (χ0) is 17.7. The number of nitrogens with zero attached hydrogens (tertiary/aromatic N) is 1. The number of hydrogen-bond acceptors (Lipinski definition) is 4. The van der Waals surface area contributed by atoms with Crippen LogP contribution in [0, 0.1) is 0 Å². The minimum atomic E-state index is -3.31. The Labute approximate surface area is 148 Å². The zero-order valence-electron chi connectivity index (χ0n) is 14.1. The number of phenolic OH excluding ortho intramolecular Hbond substituents is 1. The van der Waals surface area contributed by atoms with Gasteiger partial charge in [0.2, 0.25) is 10.0 Å². The molecule has 0 unspecified atom stereocenters. The van der Waals surface area contributed by atoms with Crippen molar-refractivity contribution in [2.45, 2.75) is 26.0 Å². The van der Waals surface area contributed by atoms with Gasteiger partial charge >= 0.3 is 0 Å². The van der Waals surface area contributed by atoms with Gasteiger partial charge in [0.15, 0.2) is 0 Å². The Morgan fingerprint density at radius 3 is 2.68 bits per heavy atom. The average molecular weight is 361 g/mol. The molecule has 134 valence electrons. The Balaban J connectivity index is 1.47. The van der Waals surface area contributed by atoms with Crippen LogP contribution in [-0.4, -0.2) is 36.7 Å². The van der Waals surface area contributed by atoms with E-state index in [9.17, 15) is 13.5 Å². The molecular formula is C19H23NO4S. The van der Waals surface area contributed by atoms with E-state index in [1.54, 1.807) is 12.1 Å². The summed E-state index contributed by atoms with van der Waals surface area (Å²) in [6.45, 7) is 1.73. The Morgan fingerprint density at radius 1 is 1.08 bits per heavy atom. The van der Waals surface area contributed by atoms with Crippen LogP contribution < -0.4 is 0 Å². The van der Waals surface area contributed by atoms with Gasteiger partial charge in [-0.15, -0.1) is 0 Å². The molecule has 3 rings (SSSR count). The molecule has 25 heavy (non-hydrogen) atoms. The molecule has 1 N–H and O–H groups in total. The number of ether oxygens (including phenoxy) is 1. The Bertz CT molecular complexity index is 805. The summed E-state index contributed by atoms with van der Waals surface area (Å²) in [4.78, 5) is 0. The first-order valence-electron chi connectivity index (χ1n) is 8.45. The van der Waals surface area contributed by atoms with Crippen molar-refractivity contribution >= 4 is 10.0 Å². The van der Waals surface area contributed by atoms with Crippen LogP contribution in [0.2, 0.25) is 0 Å². The quantitative estimate of drug-likeness (QED) is 0.770. The molecule has 0 bridgehead atoms. The monoisotopic (exact) mass is 361 g/mol. The lowest BCUT2D eigenvalue weighted by molar-refractivity contribution is 0.121. The number of benzene rings is 2. The lowest BCUT2D eigenvalue weighted by Gasteiger charge is -2.28. The Hall–Kier alpha value is -1.89. The number of fused-ring (bicyclic) bond motifs is 1. The second-order valence-electron chi connectivity index (χ2n) is 6.24. The van der Waals surface area contributed by atoms with Gasteiger partial charge < -0.3 is 9.84 Å². The van der Waals surface area contributed by atoms with Crippen molar-refractivity contribution < 1.29 is 18.3 Å². The fraction of sp³-hybridized carbons (Fsp3) is 0.368. The number of rotatable bonds is 7. The van der Waals surface area contributed by atoms with Crippen LogP contribution in [0.15, 0.2) is 48.5 Å². The second kappa shape index (κ2) is 7.99. The summed E-state index contributed by atoms with van der Waals surface area (Å²) in [5.74, 6) is 0.253. The molecule has 0 amide bonds. The van der Waals surface area contributed by atoms with Crippen LogP contribution in [0.5, 0.6) is 5.75 Å². The van der Waals surface area contributed by atoms with Crippen molar-refractivity contribution in [1.29, 1.82) is 0 Å². The molecule has 0 fully saturated rings. The van der Waals surface area contributed by atoms with Crippen molar-refractivity contribution in [3.63, 3.8) is 0 Å². The van der Waals surface area contributed by atoms with Crippen molar-refractivity contribution in [1.82, 2.24) is 4.31 Å². The minimum absolute atomic E-state index is 0.0793. The van der Waals surface area contributed by atoms with E-state index in [1.807, 2.05) is 36.4 Å². The standard InChI is InChI=1S/C19H23NO4S/c21-19-8-7-17-9-10-20(14-18(17)13-19)25(22,23)12-4-11-24-15-16-5-2-1-3-6-16/h1-3,5-8,13,21H,4,9-12,14-15H2. The van der Waals surface area contributed by atoms with Gasteiger partial charge in [-0.05, 0) is 41.7 Å². The maximum atomic E-state index is 12.5. The fourth-order valence-corrected chi connectivity index (χ4v) is 4.44. The van der Waals surface area contributed by atoms with Gasteiger partial charge in [-0.25, -0.2) is 8.42 Å². The van der Waals surface area contributed by atoms with Crippen LogP contribution >= 0.6 is 0 Å². The third-order valence-electron chi connectivity index (χ3n) is 4.36. The molecule has 2 aromatic carbocycles. The molecule has 0 saturated heterocycles. The summed E-state index contributed by atoms with van der Waals surface area (Å²) in [6.07, 6.45) is 1.15. The lowest BCUT2D eigenvalue weighted by Crippen LogP contribution is -2.37. The second-order valence-corrected chi connectivity index (χ2v) is 8.33. The first-order valence-corrected chi connectivity index (χ1v) is 10.1. The van der Waals surface area contributed by atoms with Gasteiger partial charge in [-0.3, -0.25) is 0 Å². The van der Waals surface area contributed by atoms with Gasteiger partial charge in [-0.2, -0.15) is 4.31 Å². The van der Waals surface area contributed by atoms with E-state index in [4.69, 9.17) is 4.74 Å². The van der Waals surface area contributed by atoms with Crippen LogP contribution in [-0.2, 0) is 34.3 Å². The highest BCUT2D eigenvalue weighted by Gasteiger charge is 2.26. The molecule has 0 aromatic heterocycles. The average Bonchev–Trinajstić information content (AvgIpc) is 2.61. The molecule has 0 radical (unpaired) electrons. The summed E-state index contributed by atoms with van der Waals surface area (Å²) in [6, 6.07) is 15.0. The SMILES string of the molecule is O=S(=O)(CCCOCc1ccccc1)N1CCc2ccc(O)cc2C1. The predicted molar refractivity (Wildman–Crippen MR) is 96.7 cm³/mol. The maximum absolute atomic E-state index is 12.5. The van der Waals surface area contributed by atoms with E-state index in [-0.39, 0.29) is 11.5 Å². The van der Waals surface area contributed by atoms with Crippen molar-refractivity contribution in [2.24, 2.45) is 0 Å². The highest BCUT2D eigenvalue weighted by Crippen LogP contribution is 2.25. The van der Waals surface area contributed by atoms with E-state index >= 15 is 0 Å². The predicted octanol–water partition coefficient (Wildman–Crippen LogP) is 2.69. The first-order chi connectivity index (χ1) is 12.0. The van der Waals surface area contributed by atoms with E-state index in [0.29, 0.717) is 39.1 Å². The third kappa shape index (κ3) is 4.81. The van der Waals surface area contributed by atoms with Crippen LogP contribution in [0.3, 0.4) is 0 Å². The van der Waals surface area contributed by atoms with E-state index < -0.39 is 10.0 Å². The molecule has 1 heterocycles. The van der Waals surface area contributed by atoms with Gasteiger partial charge in [0, 0.05) is 19.7 Å². The van der Waals surface area contributed by atoms with Crippen molar-refractivity contribution in [3.8, 4) is 5.75 Å². The fourth-order valence-electron chi connectivity index (χ4n) is 2.99. The van der Waals surface area contributed by atoms with Gasteiger partial charge in [0.05, 0.1) is 12.4 Å². The van der Waals surface area contributed by atoms with E-state index in [1.165, 1.54) is 4.31 Å². The summed E-state index contributed by atoms with van der Waals surface area (Å²) in [7, 11) is -3.31. The smallest absolute Gasteiger partial charge is 0.214 e. The zero-order valence-corrected chi connectivity index (χ0v) is 14.9. The van der Waals surface area contributed by atoms with Gasteiger partial charge in [0.1, 0.15) is 5.75 Å². The summed E-state index contributed by atoms with van der Waals surface area (Å²) in [5.41, 5.74) is 3.07.